The second-order valence-electron chi connectivity index (χ2n) is 8.26. The number of fused-ring (bicyclic) bond motifs is 4. The topological polar surface area (TPSA) is 9.23 Å². The maximum absolute atomic E-state index is 5.51. The van der Waals surface area contributed by atoms with Crippen LogP contribution in [0.1, 0.15) is 58.3 Å². The molecular weight excluding hydrogens is 268 g/mol. The lowest BCUT2D eigenvalue weighted by Gasteiger charge is -2.51. The van der Waals surface area contributed by atoms with Gasteiger partial charge in [0, 0.05) is 6.42 Å². The van der Waals surface area contributed by atoms with Gasteiger partial charge in [0.05, 0.1) is 12.9 Å². The molecule has 4 aliphatic carbocycles. The summed E-state index contributed by atoms with van der Waals surface area (Å²) in [5.74, 6) is 4.72. The fourth-order valence-electron chi connectivity index (χ4n) is 6.47. The summed E-state index contributed by atoms with van der Waals surface area (Å²) in [6.45, 7) is 6.71. The van der Waals surface area contributed by atoms with E-state index >= 15 is 0 Å². The van der Waals surface area contributed by atoms with Crippen molar-refractivity contribution in [1.82, 2.24) is 0 Å². The highest BCUT2D eigenvalue weighted by Gasteiger charge is 2.54. The summed E-state index contributed by atoms with van der Waals surface area (Å²) < 4.78 is 5.51. The van der Waals surface area contributed by atoms with Crippen molar-refractivity contribution in [3.05, 3.63) is 35.6 Å². The highest BCUT2D eigenvalue weighted by molar-refractivity contribution is 5.32. The second-order valence-corrected chi connectivity index (χ2v) is 8.26. The highest BCUT2D eigenvalue weighted by Crippen LogP contribution is 2.63. The summed E-state index contributed by atoms with van der Waals surface area (Å²) in [7, 11) is 1.82. The Balaban J connectivity index is 1.60. The summed E-state index contributed by atoms with van der Waals surface area (Å²) in [6, 6.07) is 0. The van der Waals surface area contributed by atoms with Gasteiger partial charge >= 0.3 is 0 Å². The fraction of sp³-hybridized carbons (Fsp3) is 0.714. The molecule has 0 aromatic rings. The van der Waals surface area contributed by atoms with E-state index in [1.165, 1.54) is 44.3 Å². The molecule has 0 N–H and O–H groups in total. The molecule has 4 rings (SSSR count). The molecule has 1 heteroatoms. The first-order valence-electron chi connectivity index (χ1n) is 9.23. The van der Waals surface area contributed by atoms with Gasteiger partial charge in [0.2, 0.25) is 0 Å². The number of rotatable bonds is 2. The van der Waals surface area contributed by atoms with E-state index < -0.39 is 0 Å². The van der Waals surface area contributed by atoms with Crippen molar-refractivity contribution in [2.45, 2.75) is 58.3 Å². The molecule has 0 saturated heterocycles. The van der Waals surface area contributed by atoms with Crippen molar-refractivity contribution in [3.8, 4) is 0 Å². The van der Waals surface area contributed by atoms with Crippen molar-refractivity contribution in [2.24, 2.45) is 29.1 Å². The SMILES string of the molecule is C=C[C@H]1CCC2C3CCC4=C(CC=C(OC)C4)C3CCC21C. The minimum atomic E-state index is 0.545. The first-order chi connectivity index (χ1) is 10.7. The molecule has 1 nitrogen and oxygen atoms in total. The van der Waals surface area contributed by atoms with Crippen LogP contribution in [0.3, 0.4) is 0 Å². The van der Waals surface area contributed by atoms with Crippen LogP contribution < -0.4 is 0 Å². The van der Waals surface area contributed by atoms with E-state index in [1.54, 1.807) is 11.1 Å². The average molecular weight is 298 g/mol. The van der Waals surface area contributed by atoms with E-state index in [2.05, 4.69) is 25.7 Å². The van der Waals surface area contributed by atoms with Crippen molar-refractivity contribution < 1.29 is 4.74 Å². The van der Waals surface area contributed by atoms with Gasteiger partial charge in [0.1, 0.15) is 0 Å². The molecule has 0 aromatic heterocycles. The summed E-state index contributed by atoms with van der Waals surface area (Å²) in [6.07, 6.45) is 15.2. The summed E-state index contributed by atoms with van der Waals surface area (Å²) >= 11 is 0. The molecule has 0 heterocycles. The molecule has 0 aliphatic heterocycles. The van der Waals surface area contributed by atoms with Crippen LogP contribution in [-0.4, -0.2) is 7.11 Å². The second kappa shape index (κ2) is 5.28. The number of hydrogen-bond donors (Lipinski definition) is 0. The van der Waals surface area contributed by atoms with Crippen LogP contribution in [0.15, 0.2) is 35.6 Å². The van der Waals surface area contributed by atoms with E-state index in [0.717, 1.165) is 36.5 Å². The fourth-order valence-corrected chi connectivity index (χ4v) is 6.47. The Labute approximate surface area is 135 Å². The van der Waals surface area contributed by atoms with Crippen molar-refractivity contribution >= 4 is 0 Å². The van der Waals surface area contributed by atoms with Crippen LogP contribution in [0, 0.1) is 29.1 Å². The molecule has 120 valence electrons. The molecule has 22 heavy (non-hydrogen) atoms. The highest BCUT2D eigenvalue weighted by atomic mass is 16.5. The Kier molecular flexibility index (Phi) is 3.51. The minimum absolute atomic E-state index is 0.545. The molecule has 0 amide bonds. The average Bonchev–Trinajstić information content (AvgIpc) is 2.90. The van der Waals surface area contributed by atoms with E-state index in [-0.39, 0.29) is 0 Å². The minimum Gasteiger partial charge on any atom is -0.501 e. The van der Waals surface area contributed by atoms with E-state index in [9.17, 15) is 0 Å². The molecule has 2 fully saturated rings. The maximum atomic E-state index is 5.51. The number of hydrogen-bond acceptors (Lipinski definition) is 1. The Bertz CT molecular complexity index is 540. The lowest BCUT2D eigenvalue weighted by atomic mass is 9.53. The lowest BCUT2D eigenvalue weighted by molar-refractivity contribution is 0.0253. The predicted molar refractivity (Wildman–Crippen MR) is 91.3 cm³/mol. The van der Waals surface area contributed by atoms with Gasteiger partial charge in [-0.05, 0) is 80.1 Å². The first-order valence-corrected chi connectivity index (χ1v) is 9.23. The van der Waals surface area contributed by atoms with Crippen LogP contribution in [0.2, 0.25) is 0 Å². The molecule has 2 saturated carbocycles. The summed E-state index contributed by atoms with van der Waals surface area (Å²) in [4.78, 5) is 0. The molecule has 0 spiro atoms. The first kappa shape index (κ1) is 14.6. The van der Waals surface area contributed by atoms with E-state index in [4.69, 9.17) is 4.74 Å². The lowest BCUT2D eigenvalue weighted by Crippen LogP contribution is -2.43. The predicted octanol–water partition coefficient (Wildman–Crippen LogP) is 5.65. The Morgan fingerprint density at radius 3 is 2.91 bits per heavy atom. The number of ether oxygens (including phenoxy) is 1. The molecule has 0 radical (unpaired) electrons. The largest absolute Gasteiger partial charge is 0.501 e. The van der Waals surface area contributed by atoms with Crippen LogP contribution in [0.4, 0.5) is 0 Å². The molecule has 4 aliphatic rings. The third kappa shape index (κ3) is 1.97. The quantitative estimate of drug-likeness (QED) is 0.599. The monoisotopic (exact) mass is 298 g/mol. The molecular formula is C21H30O. The summed E-state index contributed by atoms with van der Waals surface area (Å²) in [5.41, 5.74) is 4.08. The zero-order valence-electron chi connectivity index (χ0n) is 14.2. The number of allylic oxidation sites excluding steroid dienone is 4. The van der Waals surface area contributed by atoms with Gasteiger partial charge in [-0.1, -0.05) is 24.1 Å². The summed E-state index contributed by atoms with van der Waals surface area (Å²) in [5, 5.41) is 0. The van der Waals surface area contributed by atoms with Gasteiger partial charge in [-0.25, -0.2) is 0 Å². The van der Waals surface area contributed by atoms with E-state index in [1.807, 2.05) is 7.11 Å². The normalized spacial score (nSPS) is 43.8. The van der Waals surface area contributed by atoms with Crippen molar-refractivity contribution in [3.63, 3.8) is 0 Å². The zero-order chi connectivity index (χ0) is 15.3. The van der Waals surface area contributed by atoms with Gasteiger partial charge in [-0.2, -0.15) is 0 Å². The molecule has 0 aromatic carbocycles. The van der Waals surface area contributed by atoms with Crippen LogP contribution in [-0.2, 0) is 4.74 Å². The van der Waals surface area contributed by atoms with Gasteiger partial charge in [0.25, 0.3) is 0 Å². The van der Waals surface area contributed by atoms with Gasteiger partial charge in [-0.15, -0.1) is 6.58 Å². The Hall–Kier alpha value is -0.980. The maximum Gasteiger partial charge on any atom is 0.0959 e. The van der Waals surface area contributed by atoms with Crippen LogP contribution >= 0.6 is 0 Å². The Morgan fingerprint density at radius 2 is 2.14 bits per heavy atom. The Morgan fingerprint density at radius 1 is 1.27 bits per heavy atom. The molecule has 5 atom stereocenters. The number of methoxy groups -OCH3 is 1. The van der Waals surface area contributed by atoms with Crippen LogP contribution in [0.25, 0.3) is 0 Å². The molecule has 4 unspecified atom stereocenters. The van der Waals surface area contributed by atoms with Gasteiger partial charge < -0.3 is 4.74 Å². The standard InChI is InChI=1S/C21H30O/c1-4-15-6-10-20-19-8-5-14-13-16(22-3)7-9-17(14)18(19)11-12-21(15,20)2/h4,7,15,18-20H,1,5-6,8-13H2,2-3H3/t15-,18?,19?,20?,21?/m0/s1. The zero-order valence-corrected chi connectivity index (χ0v) is 14.2. The molecule has 0 bridgehead atoms. The smallest absolute Gasteiger partial charge is 0.0959 e. The van der Waals surface area contributed by atoms with Crippen molar-refractivity contribution in [2.75, 3.05) is 7.11 Å². The third-order valence-corrected chi connectivity index (χ3v) is 7.68. The third-order valence-electron chi connectivity index (χ3n) is 7.68. The van der Waals surface area contributed by atoms with Gasteiger partial charge in [0.15, 0.2) is 0 Å². The van der Waals surface area contributed by atoms with Gasteiger partial charge in [-0.3, -0.25) is 0 Å². The van der Waals surface area contributed by atoms with E-state index in [0.29, 0.717) is 5.41 Å². The van der Waals surface area contributed by atoms with Crippen molar-refractivity contribution in [1.29, 1.82) is 0 Å². The van der Waals surface area contributed by atoms with Crippen LogP contribution in [0.5, 0.6) is 0 Å².